The monoisotopic (exact) mass is 206 g/mol. The van der Waals surface area contributed by atoms with Crippen LogP contribution in [0.25, 0.3) is 0 Å². The second kappa shape index (κ2) is 3.47. The SMILES string of the molecule is Cn1cc(CCC(=O)C2CC2(C)C)cn1. The molecule has 1 saturated carbocycles. The third kappa shape index (κ3) is 2.28. The van der Waals surface area contributed by atoms with Gasteiger partial charge < -0.3 is 0 Å². The molecule has 15 heavy (non-hydrogen) atoms. The van der Waals surface area contributed by atoms with Crippen molar-refractivity contribution >= 4 is 5.78 Å². The Labute approximate surface area is 90.5 Å². The van der Waals surface area contributed by atoms with E-state index in [1.807, 2.05) is 19.4 Å². The quantitative estimate of drug-likeness (QED) is 0.755. The van der Waals surface area contributed by atoms with Gasteiger partial charge in [0.1, 0.15) is 5.78 Å². The van der Waals surface area contributed by atoms with Gasteiger partial charge in [-0.25, -0.2) is 0 Å². The zero-order valence-electron chi connectivity index (χ0n) is 9.66. The van der Waals surface area contributed by atoms with Gasteiger partial charge in [0.2, 0.25) is 0 Å². The van der Waals surface area contributed by atoms with Crippen LogP contribution >= 0.6 is 0 Å². The summed E-state index contributed by atoms with van der Waals surface area (Å²) in [5, 5.41) is 4.09. The third-order valence-electron chi connectivity index (χ3n) is 3.32. The van der Waals surface area contributed by atoms with E-state index in [4.69, 9.17) is 0 Å². The first kappa shape index (κ1) is 10.4. The molecule has 0 amide bonds. The Hall–Kier alpha value is -1.12. The lowest BCUT2D eigenvalue weighted by Crippen LogP contribution is -2.06. The second-order valence-corrected chi connectivity index (χ2v) is 5.23. The first-order chi connectivity index (χ1) is 6.99. The largest absolute Gasteiger partial charge is 0.299 e. The Kier molecular flexibility index (Phi) is 2.41. The molecule has 0 N–H and O–H groups in total. The Morgan fingerprint density at radius 3 is 2.80 bits per heavy atom. The van der Waals surface area contributed by atoms with Gasteiger partial charge in [-0.3, -0.25) is 9.48 Å². The summed E-state index contributed by atoms with van der Waals surface area (Å²) in [7, 11) is 1.90. The standard InChI is InChI=1S/C12H18N2O/c1-12(2)6-10(12)11(15)5-4-9-7-13-14(3)8-9/h7-8,10H,4-6H2,1-3H3. The van der Waals surface area contributed by atoms with E-state index in [-0.39, 0.29) is 5.41 Å². The molecule has 82 valence electrons. The van der Waals surface area contributed by atoms with Gasteiger partial charge in [-0.15, -0.1) is 0 Å². The number of aromatic nitrogens is 2. The van der Waals surface area contributed by atoms with Crippen LogP contribution in [-0.4, -0.2) is 15.6 Å². The average molecular weight is 206 g/mol. The van der Waals surface area contributed by atoms with Crippen molar-refractivity contribution in [3.8, 4) is 0 Å². The number of hydrogen-bond acceptors (Lipinski definition) is 2. The van der Waals surface area contributed by atoms with Crippen molar-refractivity contribution in [2.24, 2.45) is 18.4 Å². The van der Waals surface area contributed by atoms with E-state index in [1.165, 1.54) is 0 Å². The summed E-state index contributed by atoms with van der Waals surface area (Å²) >= 11 is 0. The van der Waals surface area contributed by atoms with E-state index in [0.717, 1.165) is 18.4 Å². The third-order valence-corrected chi connectivity index (χ3v) is 3.32. The number of rotatable bonds is 4. The first-order valence-electron chi connectivity index (χ1n) is 5.49. The second-order valence-electron chi connectivity index (χ2n) is 5.23. The summed E-state index contributed by atoms with van der Waals surface area (Å²) in [6, 6.07) is 0. The molecule has 1 unspecified atom stereocenters. The van der Waals surface area contributed by atoms with Crippen molar-refractivity contribution in [2.45, 2.75) is 33.1 Å². The molecular weight excluding hydrogens is 188 g/mol. The molecule has 3 nitrogen and oxygen atoms in total. The normalized spacial score (nSPS) is 22.7. The molecule has 1 aromatic rings. The van der Waals surface area contributed by atoms with Crippen LogP contribution in [0.1, 0.15) is 32.3 Å². The van der Waals surface area contributed by atoms with Gasteiger partial charge in [0.25, 0.3) is 0 Å². The smallest absolute Gasteiger partial charge is 0.136 e. The molecule has 0 radical (unpaired) electrons. The predicted molar refractivity (Wildman–Crippen MR) is 58.4 cm³/mol. The summed E-state index contributed by atoms with van der Waals surface area (Å²) in [6.07, 6.45) is 6.38. The Bertz CT molecular complexity index is 379. The number of carbonyl (C=O) groups is 1. The number of hydrogen-bond donors (Lipinski definition) is 0. The van der Waals surface area contributed by atoms with Crippen LogP contribution in [0.5, 0.6) is 0 Å². The summed E-state index contributed by atoms with van der Waals surface area (Å²) in [6.45, 7) is 4.33. The van der Waals surface area contributed by atoms with Gasteiger partial charge in [-0.05, 0) is 23.8 Å². The molecule has 1 aliphatic rings. The lowest BCUT2D eigenvalue weighted by molar-refractivity contribution is -0.120. The maximum absolute atomic E-state index is 11.8. The number of carbonyl (C=O) groups excluding carboxylic acids is 1. The lowest BCUT2D eigenvalue weighted by Gasteiger charge is -2.01. The van der Waals surface area contributed by atoms with E-state index in [0.29, 0.717) is 18.1 Å². The van der Waals surface area contributed by atoms with Gasteiger partial charge in [-0.1, -0.05) is 13.8 Å². The van der Waals surface area contributed by atoms with E-state index in [1.54, 1.807) is 4.68 Å². The number of aryl methyl sites for hydroxylation is 2. The van der Waals surface area contributed by atoms with Crippen molar-refractivity contribution in [3.63, 3.8) is 0 Å². The highest BCUT2D eigenvalue weighted by molar-refractivity contribution is 5.84. The van der Waals surface area contributed by atoms with E-state index < -0.39 is 0 Å². The molecule has 1 aliphatic carbocycles. The van der Waals surface area contributed by atoms with Gasteiger partial charge in [0.05, 0.1) is 6.20 Å². The summed E-state index contributed by atoms with van der Waals surface area (Å²) in [5.41, 5.74) is 1.43. The Morgan fingerprint density at radius 2 is 2.33 bits per heavy atom. The van der Waals surface area contributed by atoms with Gasteiger partial charge in [0, 0.05) is 25.6 Å². The molecule has 0 saturated heterocycles. The van der Waals surface area contributed by atoms with Crippen molar-refractivity contribution in [1.29, 1.82) is 0 Å². The van der Waals surface area contributed by atoms with Crippen molar-refractivity contribution in [3.05, 3.63) is 18.0 Å². The fourth-order valence-electron chi connectivity index (χ4n) is 2.06. The molecule has 2 rings (SSSR count). The molecular formula is C12H18N2O. The molecule has 1 aromatic heterocycles. The van der Waals surface area contributed by atoms with Crippen LogP contribution in [0.3, 0.4) is 0 Å². The first-order valence-corrected chi connectivity index (χ1v) is 5.49. The van der Waals surface area contributed by atoms with Crippen LogP contribution in [0.15, 0.2) is 12.4 Å². The number of nitrogens with zero attached hydrogens (tertiary/aromatic N) is 2. The Morgan fingerprint density at radius 1 is 1.67 bits per heavy atom. The van der Waals surface area contributed by atoms with E-state index >= 15 is 0 Å². The molecule has 0 aliphatic heterocycles. The van der Waals surface area contributed by atoms with Gasteiger partial charge in [-0.2, -0.15) is 5.10 Å². The minimum absolute atomic E-state index is 0.270. The van der Waals surface area contributed by atoms with Crippen LogP contribution in [0, 0.1) is 11.3 Å². The summed E-state index contributed by atoms with van der Waals surface area (Å²) < 4.78 is 1.78. The summed E-state index contributed by atoms with van der Waals surface area (Å²) in [5.74, 6) is 0.734. The van der Waals surface area contributed by atoms with Gasteiger partial charge in [0.15, 0.2) is 0 Å². The number of Topliss-reactive ketones (excluding diaryl/α,β-unsaturated/α-hetero) is 1. The van der Waals surface area contributed by atoms with Gasteiger partial charge >= 0.3 is 0 Å². The highest BCUT2D eigenvalue weighted by Gasteiger charge is 2.49. The topological polar surface area (TPSA) is 34.9 Å². The fourth-order valence-corrected chi connectivity index (χ4v) is 2.06. The zero-order valence-corrected chi connectivity index (χ0v) is 9.66. The maximum atomic E-state index is 11.8. The van der Waals surface area contributed by atoms with Crippen LogP contribution in [0.4, 0.5) is 0 Å². The average Bonchev–Trinajstić information content (AvgIpc) is 2.59. The zero-order chi connectivity index (χ0) is 11.1. The molecule has 0 spiro atoms. The van der Waals surface area contributed by atoms with Crippen LogP contribution < -0.4 is 0 Å². The lowest BCUT2D eigenvalue weighted by atomic mass is 10.0. The number of ketones is 1. The molecule has 1 heterocycles. The van der Waals surface area contributed by atoms with Crippen LogP contribution in [-0.2, 0) is 18.3 Å². The maximum Gasteiger partial charge on any atom is 0.136 e. The summed E-state index contributed by atoms with van der Waals surface area (Å²) in [4.78, 5) is 11.8. The molecule has 1 atom stereocenters. The molecule has 0 aromatic carbocycles. The molecule has 1 fully saturated rings. The highest BCUT2D eigenvalue weighted by atomic mass is 16.1. The predicted octanol–water partition coefficient (Wildman–Crippen LogP) is 1.97. The fraction of sp³-hybridized carbons (Fsp3) is 0.667. The van der Waals surface area contributed by atoms with Crippen LogP contribution in [0.2, 0.25) is 0 Å². The van der Waals surface area contributed by atoms with Crippen molar-refractivity contribution in [2.75, 3.05) is 0 Å². The van der Waals surface area contributed by atoms with Crippen molar-refractivity contribution < 1.29 is 4.79 Å². The van der Waals surface area contributed by atoms with E-state index in [2.05, 4.69) is 18.9 Å². The Balaban J connectivity index is 1.82. The minimum Gasteiger partial charge on any atom is -0.299 e. The minimum atomic E-state index is 0.270. The highest BCUT2D eigenvalue weighted by Crippen LogP contribution is 2.52. The van der Waals surface area contributed by atoms with E-state index in [9.17, 15) is 4.79 Å². The van der Waals surface area contributed by atoms with Crippen molar-refractivity contribution in [1.82, 2.24) is 9.78 Å². The molecule has 0 bridgehead atoms. The molecule has 3 heteroatoms.